The van der Waals surface area contributed by atoms with Crippen LogP contribution < -0.4 is 14.4 Å². The third-order valence-electron chi connectivity index (χ3n) is 4.96. The highest BCUT2D eigenvalue weighted by Gasteiger charge is 2.25. The Labute approximate surface area is 154 Å². The van der Waals surface area contributed by atoms with Gasteiger partial charge >= 0.3 is 0 Å². The predicted molar refractivity (Wildman–Crippen MR) is 99.8 cm³/mol. The van der Waals surface area contributed by atoms with Crippen molar-refractivity contribution in [2.45, 2.75) is 19.1 Å². The second-order valence-electron chi connectivity index (χ2n) is 6.78. The van der Waals surface area contributed by atoms with Crippen molar-refractivity contribution in [1.29, 1.82) is 0 Å². The van der Waals surface area contributed by atoms with Crippen molar-refractivity contribution < 1.29 is 14.6 Å². The Balaban J connectivity index is 1.36. The number of pyridine rings is 1. The van der Waals surface area contributed by atoms with Crippen LogP contribution in [0, 0.1) is 0 Å². The van der Waals surface area contributed by atoms with Gasteiger partial charge in [-0.2, -0.15) is 0 Å². The first-order valence-electron chi connectivity index (χ1n) is 9.24. The van der Waals surface area contributed by atoms with E-state index in [-0.39, 0.29) is 12.7 Å². The minimum atomic E-state index is 0.0239. The SMILES string of the molecule is OCc1cccnc1N1CCCN(C[C@H]2COc3ccccc3O2)CC1. The highest BCUT2D eigenvalue weighted by molar-refractivity contribution is 5.46. The zero-order valence-corrected chi connectivity index (χ0v) is 14.9. The summed E-state index contributed by atoms with van der Waals surface area (Å²) in [5, 5.41) is 9.56. The van der Waals surface area contributed by atoms with Crippen LogP contribution in [0.1, 0.15) is 12.0 Å². The lowest BCUT2D eigenvalue weighted by Gasteiger charge is -2.31. The number of rotatable bonds is 4. The van der Waals surface area contributed by atoms with E-state index in [9.17, 15) is 5.11 Å². The van der Waals surface area contributed by atoms with Crippen molar-refractivity contribution in [3.05, 3.63) is 48.2 Å². The summed E-state index contributed by atoms with van der Waals surface area (Å²) < 4.78 is 11.9. The molecule has 0 aliphatic carbocycles. The zero-order valence-electron chi connectivity index (χ0n) is 14.9. The summed E-state index contributed by atoms with van der Waals surface area (Å²) in [6.07, 6.45) is 2.91. The van der Waals surface area contributed by atoms with Crippen molar-refractivity contribution in [2.24, 2.45) is 0 Å². The molecule has 2 aliphatic rings. The van der Waals surface area contributed by atoms with E-state index in [1.54, 1.807) is 6.20 Å². The molecule has 0 bridgehead atoms. The quantitative estimate of drug-likeness (QED) is 0.904. The van der Waals surface area contributed by atoms with Crippen LogP contribution >= 0.6 is 0 Å². The fourth-order valence-electron chi connectivity index (χ4n) is 3.64. The lowest BCUT2D eigenvalue weighted by atomic mass is 10.2. The van der Waals surface area contributed by atoms with Gasteiger partial charge in [-0.3, -0.25) is 4.90 Å². The van der Waals surface area contributed by atoms with E-state index < -0.39 is 0 Å². The van der Waals surface area contributed by atoms with Gasteiger partial charge in [0, 0.05) is 44.5 Å². The van der Waals surface area contributed by atoms with E-state index >= 15 is 0 Å². The Morgan fingerprint density at radius 3 is 2.81 bits per heavy atom. The molecule has 2 aliphatic heterocycles. The molecule has 2 aromatic rings. The van der Waals surface area contributed by atoms with Crippen molar-refractivity contribution in [1.82, 2.24) is 9.88 Å². The Morgan fingerprint density at radius 1 is 1.04 bits per heavy atom. The largest absolute Gasteiger partial charge is 0.486 e. The molecule has 3 heterocycles. The molecule has 0 saturated carbocycles. The smallest absolute Gasteiger partial charge is 0.161 e. The summed E-state index contributed by atoms with van der Waals surface area (Å²) in [5.41, 5.74) is 0.890. The van der Waals surface area contributed by atoms with Gasteiger partial charge in [0.15, 0.2) is 11.5 Å². The highest BCUT2D eigenvalue weighted by atomic mass is 16.6. The molecule has 1 aromatic carbocycles. The summed E-state index contributed by atoms with van der Waals surface area (Å²) in [6.45, 7) is 5.29. The number of aromatic nitrogens is 1. The van der Waals surface area contributed by atoms with Crippen LogP contribution in [0.4, 0.5) is 5.82 Å². The molecule has 1 aromatic heterocycles. The average molecular weight is 355 g/mol. The second kappa shape index (κ2) is 7.93. The lowest BCUT2D eigenvalue weighted by molar-refractivity contribution is 0.0606. The molecule has 6 heteroatoms. The molecule has 0 unspecified atom stereocenters. The van der Waals surface area contributed by atoms with Crippen LogP contribution in [-0.4, -0.2) is 60.4 Å². The first-order chi connectivity index (χ1) is 12.8. The van der Waals surface area contributed by atoms with Crippen molar-refractivity contribution >= 4 is 5.82 Å². The number of benzene rings is 1. The Morgan fingerprint density at radius 2 is 1.92 bits per heavy atom. The summed E-state index contributed by atoms with van der Waals surface area (Å²) in [4.78, 5) is 9.19. The third-order valence-corrected chi connectivity index (χ3v) is 4.96. The molecule has 1 fully saturated rings. The van der Waals surface area contributed by atoms with Gasteiger partial charge in [-0.15, -0.1) is 0 Å². The van der Waals surface area contributed by atoms with Crippen LogP contribution in [0.5, 0.6) is 11.5 Å². The third kappa shape index (κ3) is 3.76. The fraction of sp³-hybridized carbons (Fsp3) is 0.450. The van der Waals surface area contributed by atoms with Crippen LogP contribution in [0.2, 0.25) is 0 Å². The number of nitrogens with zero attached hydrogens (tertiary/aromatic N) is 3. The van der Waals surface area contributed by atoms with Crippen LogP contribution in [0.15, 0.2) is 42.6 Å². The first-order valence-corrected chi connectivity index (χ1v) is 9.24. The molecule has 6 nitrogen and oxygen atoms in total. The van der Waals surface area contributed by atoms with Gasteiger partial charge in [0.1, 0.15) is 18.5 Å². The Hall–Kier alpha value is -2.31. The van der Waals surface area contributed by atoms with Gasteiger partial charge in [-0.05, 0) is 24.6 Å². The van der Waals surface area contributed by atoms with Crippen LogP contribution in [0.25, 0.3) is 0 Å². The molecule has 1 N–H and O–H groups in total. The van der Waals surface area contributed by atoms with Gasteiger partial charge < -0.3 is 19.5 Å². The van der Waals surface area contributed by atoms with Crippen molar-refractivity contribution in [3.8, 4) is 11.5 Å². The molecule has 4 rings (SSSR count). The molecule has 1 atom stereocenters. The maximum absolute atomic E-state index is 9.56. The van der Waals surface area contributed by atoms with E-state index in [1.807, 2.05) is 36.4 Å². The van der Waals surface area contributed by atoms with E-state index in [4.69, 9.17) is 9.47 Å². The van der Waals surface area contributed by atoms with E-state index in [0.717, 1.165) is 62.0 Å². The van der Waals surface area contributed by atoms with Gasteiger partial charge in [-0.25, -0.2) is 4.98 Å². The summed E-state index contributed by atoms with van der Waals surface area (Å²) in [6, 6.07) is 11.7. The van der Waals surface area contributed by atoms with Crippen molar-refractivity contribution in [2.75, 3.05) is 44.2 Å². The van der Waals surface area contributed by atoms with Gasteiger partial charge in [0.05, 0.1) is 6.61 Å². The monoisotopic (exact) mass is 355 g/mol. The molecule has 1 saturated heterocycles. The predicted octanol–water partition coefficient (Wildman–Crippen LogP) is 1.93. The van der Waals surface area contributed by atoms with Gasteiger partial charge in [0.2, 0.25) is 0 Å². The molecular formula is C20H25N3O3. The van der Waals surface area contributed by atoms with Crippen LogP contribution in [0.3, 0.4) is 0 Å². The number of ether oxygens (including phenoxy) is 2. The van der Waals surface area contributed by atoms with Crippen LogP contribution in [-0.2, 0) is 6.61 Å². The number of hydrogen-bond donors (Lipinski definition) is 1. The topological polar surface area (TPSA) is 58.1 Å². The first kappa shape index (κ1) is 17.1. The van der Waals surface area contributed by atoms with Gasteiger partial charge in [-0.1, -0.05) is 18.2 Å². The maximum atomic E-state index is 9.56. The van der Waals surface area contributed by atoms with E-state index in [0.29, 0.717) is 6.61 Å². The normalized spacial score (nSPS) is 20.7. The number of aliphatic hydroxyl groups excluding tert-OH is 1. The number of anilines is 1. The standard InChI is InChI=1S/C20H25N3O3/c24-14-16-5-3-8-21-20(16)23-10-4-9-22(11-12-23)13-17-15-25-18-6-1-2-7-19(18)26-17/h1-3,5-8,17,24H,4,9-15H2/t17-/m0/s1. The molecular weight excluding hydrogens is 330 g/mol. The average Bonchev–Trinajstić information content (AvgIpc) is 2.93. The minimum Gasteiger partial charge on any atom is -0.486 e. The molecule has 138 valence electrons. The summed E-state index contributed by atoms with van der Waals surface area (Å²) >= 11 is 0. The second-order valence-corrected chi connectivity index (χ2v) is 6.78. The number of fused-ring (bicyclic) bond motifs is 1. The molecule has 0 amide bonds. The zero-order chi connectivity index (χ0) is 17.8. The number of aliphatic hydroxyl groups is 1. The van der Waals surface area contributed by atoms with E-state index in [2.05, 4.69) is 14.8 Å². The Bertz CT molecular complexity index is 740. The molecule has 26 heavy (non-hydrogen) atoms. The van der Waals surface area contributed by atoms with E-state index in [1.165, 1.54) is 0 Å². The highest BCUT2D eigenvalue weighted by Crippen LogP contribution is 2.31. The number of hydrogen-bond acceptors (Lipinski definition) is 6. The lowest BCUT2D eigenvalue weighted by Crippen LogP contribution is -2.42. The van der Waals surface area contributed by atoms with Crippen molar-refractivity contribution in [3.63, 3.8) is 0 Å². The summed E-state index contributed by atoms with van der Waals surface area (Å²) in [5.74, 6) is 2.57. The molecule has 0 radical (unpaired) electrons. The Kier molecular flexibility index (Phi) is 5.22. The fourth-order valence-corrected chi connectivity index (χ4v) is 3.64. The molecule has 0 spiro atoms. The number of para-hydroxylation sites is 2. The maximum Gasteiger partial charge on any atom is 0.161 e. The van der Waals surface area contributed by atoms with Gasteiger partial charge in [0.25, 0.3) is 0 Å². The minimum absolute atomic E-state index is 0.0239. The summed E-state index contributed by atoms with van der Waals surface area (Å²) in [7, 11) is 0.